The van der Waals surface area contributed by atoms with E-state index < -0.39 is 321 Å². The number of aliphatic hydroxyl groups is 18. The van der Waals surface area contributed by atoms with Crippen LogP contribution >= 0.6 is 0 Å². The van der Waals surface area contributed by atoms with E-state index in [0.717, 1.165) is 49.9 Å². The van der Waals surface area contributed by atoms with Crippen LogP contribution in [0.25, 0.3) is 11.1 Å². The number of fused-ring (bicyclic) bond motifs is 3. The standard InChI is InChI=1S/C69H100N6O40/c1-22(83)70-40-45(89)55(33(15-77)103-61(40)75-39(87)13-31(62(99)100)74-69(101)102-21-30-28-11-7-5-9-26(28)27-10-6-8-12-29(27)30)110-63-41(71-23(2)84)46(90)57(35(17-79)105-63)114-67-53(97)50(94)60(38(20-82)108-67)112-65-43(73-25(4)86)48(92)58(36(18-80)107-65)115-68-54(98)51(95)59(37(19-81)109-68)111-64-42(72-24(3)85)47(91)56(34(16-78)106-64)113-66-52(96)49(93)44(88)32(14-76)104-66/h5-12,30-38,40-61,63-68,76-82,88-98H,13-21H2,1-4H3,(H,70,83)(H,71,84)(H,72,85)(H,73,86)(H,74,101)(H,75,87)(H,99,100)/t31?,32-,33-,34-,35-,36-,37-,38-,40-,41-,42-,43-,44-,45-,46-,47-,48-,49+,50-,51-,52-,53-,54-,55-,56-,57-,58-,59-,60-,61-,63+,64+,65+,66+,67+,68+/m1/s1. The van der Waals surface area contributed by atoms with Gasteiger partial charge in [0.25, 0.3) is 0 Å². The monoisotopic (exact) mass is 1650 g/mol. The van der Waals surface area contributed by atoms with E-state index in [4.69, 9.17) is 66.3 Å². The van der Waals surface area contributed by atoms with Gasteiger partial charge in [-0.3, -0.25) is 24.0 Å². The van der Waals surface area contributed by atoms with Crippen LogP contribution in [0.3, 0.4) is 0 Å². The number of ether oxygens (including phenoxy) is 14. The Labute approximate surface area is 652 Å². The van der Waals surface area contributed by atoms with Crippen molar-refractivity contribution in [1.29, 1.82) is 0 Å². The lowest BCUT2D eigenvalue weighted by Crippen LogP contribution is -2.72. The van der Waals surface area contributed by atoms with E-state index in [0.29, 0.717) is 0 Å². The minimum absolute atomic E-state index is 0.211. The molecule has 25 N–H and O–H groups in total. The van der Waals surface area contributed by atoms with E-state index in [-0.39, 0.29) is 6.61 Å². The SMILES string of the molecule is CC(=O)N[C@@H]1[C@@H](O)[C@H](O[C@@H]2O[C@H](CO)[C@@H](O[C@@H]3O[C@H](CO)[C@@H](O[C@@H]4O[C@H](CO)[C@@H](O[C@@H]5O[C@H](CO)[C@@H](O[C@@H]6O[C@H](CO)[C@@H](O[C@@H]7O[C@H](CO)[C@@H](O)[C@H](O)[C@H]7O)[C@H](O)[C@H]6NC(C)=O)[C@H](O)[C@H]5O)[C@H](O)[C@H]4NC(C)=O)[C@H](O)[C@H]3O)[C@H](O)[C@H]2NC(C)=O)[C@@H](CO)O[C@H]1NC(=O)CC(NC(=O)OCC1c2ccccc2-c2ccccc21)C(=O)O. The number of alkyl carbamates (subject to hydrolysis) is 1. The third kappa shape index (κ3) is 20.3. The second-order valence-corrected chi connectivity index (χ2v) is 28.7. The molecule has 46 heteroatoms. The quantitative estimate of drug-likeness (QED) is 0.0345. The van der Waals surface area contributed by atoms with Crippen LogP contribution in [0, 0.1) is 0 Å². The number of aliphatic hydroxyl groups excluding tert-OH is 18. The Morgan fingerprint density at radius 3 is 1.00 bits per heavy atom. The summed E-state index contributed by atoms with van der Waals surface area (Å²) in [5.41, 5.74) is 3.56. The van der Waals surface area contributed by atoms with Gasteiger partial charge >= 0.3 is 12.1 Å². The maximum atomic E-state index is 13.7. The lowest BCUT2D eigenvalue weighted by atomic mass is 9.93. The fourth-order valence-electron chi connectivity index (χ4n) is 15.2. The molecule has 0 bridgehead atoms. The van der Waals surface area contributed by atoms with E-state index in [1.807, 2.05) is 48.5 Å². The molecule has 115 heavy (non-hydrogen) atoms. The zero-order valence-corrected chi connectivity index (χ0v) is 61.9. The summed E-state index contributed by atoms with van der Waals surface area (Å²) in [4.78, 5) is 90.3. The number of aliphatic carboxylic acids is 1. The van der Waals surface area contributed by atoms with Gasteiger partial charge in [-0.1, -0.05) is 48.5 Å². The third-order valence-electron chi connectivity index (χ3n) is 20.8. The largest absolute Gasteiger partial charge is 0.480 e. The number of benzene rings is 2. The highest BCUT2D eigenvalue weighted by molar-refractivity contribution is 5.87. The molecule has 10 rings (SSSR count). The zero-order valence-electron chi connectivity index (χ0n) is 61.9. The van der Waals surface area contributed by atoms with Crippen molar-refractivity contribution in [2.75, 3.05) is 52.9 Å². The van der Waals surface area contributed by atoms with Crippen LogP contribution in [0.1, 0.15) is 51.2 Å². The number of nitrogens with one attached hydrogen (secondary N) is 6. The average Bonchev–Trinajstić information content (AvgIpc) is 1.62. The molecule has 2 aromatic rings. The van der Waals surface area contributed by atoms with E-state index in [1.54, 1.807) is 0 Å². The molecule has 7 heterocycles. The van der Waals surface area contributed by atoms with Crippen molar-refractivity contribution >= 4 is 41.6 Å². The van der Waals surface area contributed by atoms with Gasteiger partial charge in [0.2, 0.25) is 29.5 Å². The Bertz CT molecular complexity index is 3550. The molecular formula is C69H100N6O40. The summed E-state index contributed by atoms with van der Waals surface area (Å²) in [5.74, 6) is -6.70. The first-order chi connectivity index (χ1) is 54.7. The molecule has 0 aromatic heterocycles. The molecule has 7 fully saturated rings. The molecule has 0 saturated carbocycles. The summed E-state index contributed by atoms with van der Waals surface area (Å²) < 4.78 is 82.1. The Morgan fingerprint density at radius 2 is 0.652 bits per heavy atom. The smallest absolute Gasteiger partial charge is 0.407 e. The van der Waals surface area contributed by atoms with Crippen molar-refractivity contribution in [1.82, 2.24) is 31.9 Å². The molecule has 1 aliphatic carbocycles. The number of hydrogen-bond acceptors (Lipinski definition) is 39. The van der Waals surface area contributed by atoms with Gasteiger partial charge in [-0.05, 0) is 22.3 Å². The highest BCUT2D eigenvalue weighted by atomic mass is 16.8. The lowest BCUT2D eigenvalue weighted by Gasteiger charge is -2.51. The van der Waals surface area contributed by atoms with Crippen LogP contribution in [0.4, 0.5) is 4.79 Å². The molecule has 0 spiro atoms. The van der Waals surface area contributed by atoms with Crippen molar-refractivity contribution in [2.24, 2.45) is 0 Å². The van der Waals surface area contributed by atoms with Crippen LogP contribution in [-0.2, 0) is 95.1 Å². The van der Waals surface area contributed by atoms with Gasteiger partial charge < -0.3 is 195 Å². The first-order valence-corrected chi connectivity index (χ1v) is 36.7. The van der Waals surface area contributed by atoms with Gasteiger partial charge in [-0.15, -0.1) is 0 Å². The van der Waals surface area contributed by atoms with Gasteiger partial charge in [0, 0.05) is 33.6 Å². The Balaban J connectivity index is 0.766. The van der Waals surface area contributed by atoms with Crippen molar-refractivity contribution in [2.45, 2.75) is 261 Å². The summed E-state index contributed by atoms with van der Waals surface area (Å²) in [6, 6.07) is 5.78. The number of amides is 6. The molecule has 1 unspecified atom stereocenters. The van der Waals surface area contributed by atoms with Crippen molar-refractivity contribution in [3.8, 4) is 11.1 Å². The summed E-state index contributed by atoms with van der Waals surface area (Å²) in [6.45, 7) is -3.65. The van der Waals surface area contributed by atoms with Crippen LogP contribution in [0.2, 0.25) is 0 Å². The number of carbonyl (C=O) groups excluding carboxylic acids is 6. The van der Waals surface area contributed by atoms with Gasteiger partial charge in [-0.25, -0.2) is 9.59 Å². The van der Waals surface area contributed by atoms with Crippen LogP contribution in [-0.4, -0.2) is 412 Å². The second kappa shape index (κ2) is 39.9. The van der Waals surface area contributed by atoms with Crippen molar-refractivity contribution in [3.63, 3.8) is 0 Å². The second-order valence-electron chi connectivity index (χ2n) is 28.7. The molecule has 6 amide bonds. The first kappa shape index (κ1) is 90.6. The van der Waals surface area contributed by atoms with E-state index >= 15 is 0 Å². The normalized spacial score (nSPS) is 40.3. The summed E-state index contributed by atoms with van der Waals surface area (Å²) in [6.07, 6.45) is -62.9. The molecule has 7 aliphatic heterocycles. The number of rotatable bonds is 30. The summed E-state index contributed by atoms with van der Waals surface area (Å²) in [5, 5.41) is 224. The van der Waals surface area contributed by atoms with Gasteiger partial charge in [0.05, 0.1) is 52.7 Å². The van der Waals surface area contributed by atoms with Gasteiger partial charge in [0.15, 0.2) is 44.0 Å². The molecule has 36 atom stereocenters. The lowest BCUT2D eigenvalue weighted by molar-refractivity contribution is -0.385. The predicted octanol–water partition coefficient (Wildman–Crippen LogP) is -13.2. The zero-order chi connectivity index (χ0) is 83.9. The Morgan fingerprint density at radius 1 is 0.357 bits per heavy atom. The van der Waals surface area contributed by atoms with Crippen molar-refractivity contribution in [3.05, 3.63) is 59.7 Å². The Hall–Kier alpha value is -6.71. The van der Waals surface area contributed by atoms with Crippen LogP contribution in [0.5, 0.6) is 0 Å². The molecule has 46 nitrogen and oxygen atoms in total. The minimum Gasteiger partial charge on any atom is -0.480 e. The topological polar surface area (TPSA) is 705 Å². The minimum atomic E-state index is -2.32. The van der Waals surface area contributed by atoms with E-state index in [9.17, 15) is 131 Å². The van der Waals surface area contributed by atoms with Crippen LogP contribution in [0.15, 0.2) is 48.5 Å². The van der Waals surface area contributed by atoms with Crippen LogP contribution < -0.4 is 31.9 Å². The maximum Gasteiger partial charge on any atom is 0.407 e. The number of carboxylic acids is 1. The highest BCUT2D eigenvalue weighted by Crippen LogP contribution is 2.45. The predicted molar refractivity (Wildman–Crippen MR) is 368 cm³/mol. The number of hydrogen-bond donors (Lipinski definition) is 25. The molecule has 7 saturated heterocycles. The summed E-state index contributed by atoms with van der Waals surface area (Å²) >= 11 is 0. The van der Waals surface area contributed by atoms with Gasteiger partial charge in [0.1, 0.15) is 183 Å². The number of carbonyl (C=O) groups is 7. The third-order valence-corrected chi connectivity index (χ3v) is 20.8. The highest BCUT2D eigenvalue weighted by Gasteiger charge is 2.60. The fraction of sp³-hybridized carbons (Fsp3) is 0.725. The summed E-state index contributed by atoms with van der Waals surface area (Å²) in [7, 11) is 0. The van der Waals surface area contributed by atoms with Crippen molar-refractivity contribution < 1.29 is 197 Å². The molecule has 646 valence electrons. The molecule has 8 aliphatic rings. The number of carboxylic acid groups (broad SMARTS) is 1. The molecular weight excluding hydrogens is 1550 g/mol. The first-order valence-electron chi connectivity index (χ1n) is 36.7. The van der Waals surface area contributed by atoms with E-state index in [2.05, 4.69) is 31.9 Å². The average molecular weight is 1650 g/mol. The molecule has 2 aromatic carbocycles. The maximum absolute atomic E-state index is 13.7. The molecule has 0 radical (unpaired) electrons. The Kier molecular flexibility index (Phi) is 31.4. The fourth-order valence-corrected chi connectivity index (χ4v) is 15.2. The van der Waals surface area contributed by atoms with Gasteiger partial charge in [-0.2, -0.15) is 0 Å². The van der Waals surface area contributed by atoms with E-state index in [1.165, 1.54) is 0 Å².